The van der Waals surface area contributed by atoms with Gasteiger partial charge < -0.3 is 14.4 Å². The van der Waals surface area contributed by atoms with Gasteiger partial charge >= 0.3 is 12.1 Å². The predicted molar refractivity (Wildman–Crippen MR) is 93.0 cm³/mol. The lowest BCUT2D eigenvalue weighted by molar-refractivity contribution is -0.180. The fraction of sp³-hybridized carbons (Fsp3) is 0.667. The highest BCUT2D eigenvalue weighted by atomic mass is 19.4. The van der Waals surface area contributed by atoms with Gasteiger partial charge in [-0.3, -0.25) is 9.69 Å². The molecule has 2 rings (SSSR count). The third-order valence-corrected chi connectivity index (χ3v) is 4.31. The molecule has 6 nitrogen and oxygen atoms in total. The summed E-state index contributed by atoms with van der Waals surface area (Å²) < 4.78 is 46.1. The van der Waals surface area contributed by atoms with Crippen molar-refractivity contribution in [2.75, 3.05) is 19.6 Å². The van der Waals surface area contributed by atoms with Crippen molar-refractivity contribution in [3.63, 3.8) is 0 Å². The molecule has 1 aromatic heterocycles. The monoisotopic (exact) mass is 390 g/mol. The van der Waals surface area contributed by atoms with E-state index in [2.05, 4.69) is 4.90 Å². The van der Waals surface area contributed by atoms with Crippen LogP contribution in [0.3, 0.4) is 0 Å². The molecule has 0 unspecified atom stereocenters. The highest BCUT2D eigenvalue weighted by molar-refractivity contribution is 5.87. The Balaban J connectivity index is 2.19. The largest absolute Gasteiger partial charge is 0.477 e. The van der Waals surface area contributed by atoms with Gasteiger partial charge in [-0.25, -0.2) is 4.79 Å². The molecule has 0 aliphatic carbocycles. The van der Waals surface area contributed by atoms with E-state index < -0.39 is 29.0 Å². The summed E-state index contributed by atoms with van der Waals surface area (Å²) in [5, 5.41) is 9.01. The number of hydrogen-bond donors (Lipinski definition) is 1. The SMILES string of the molecule is CC1(C)CN(CCCn2c(C(F)(F)F)ccc(C(=O)O)c2=O)CC(C)(C)O1. The first-order chi connectivity index (χ1) is 12.2. The van der Waals surface area contributed by atoms with Gasteiger partial charge in [-0.05, 0) is 46.2 Å². The Labute approximate surface area is 155 Å². The van der Waals surface area contributed by atoms with Crippen LogP contribution in [-0.2, 0) is 17.5 Å². The van der Waals surface area contributed by atoms with Crippen LogP contribution in [0.15, 0.2) is 16.9 Å². The lowest BCUT2D eigenvalue weighted by Crippen LogP contribution is -2.57. The number of hydrogen-bond acceptors (Lipinski definition) is 4. The standard InChI is InChI=1S/C18H25F3N2O4/c1-16(2)10-22(11-17(3,4)27-16)8-5-9-23-13(18(19,20)21)7-6-12(14(23)24)15(25)26/h6-7H,5,8-11H2,1-4H3,(H,25,26). The Kier molecular flexibility index (Phi) is 5.77. The van der Waals surface area contributed by atoms with Crippen molar-refractivity contribution in [2.24, 2.45) is 0 Å². The molecule has 1 aromatic rings. The zero-order valence-electron chi connectivity index (χ0n) is 15.9. The van der Waals surface area contributed by atoms with Crippen LogP contribution in [0, 0.1) is 0 Å². The van der Waals surface area contributed by atoms with Gasteiger partial charge in [0.05, 0.1) is 11.2 Å². The minimum absolute atomic E-state index is 0.215. The number of ether oxygens (including phenoxy) is 1. The van der Waals surface area contributed by atoms with Crippen LogP contribution in [-0.4, -0.2) is 51.4 Å². The van der Waals surface area contributed by atoms with E-state index in [1.807, 2.05) is 27.7 Å². The number of aromatic carboxylic acids is 1. The summed E-state index contributed by atoms with van der Waals surface area (Å²) in [5.41, 5.74) is -3.73. The molecule has 0 amide bonds. The zero-order chi connectivity index (χ0) is 20.6. The lowest BCUT2D eigenvalue weighted by atomic mass is 9.99. The molecule has 0 radical (unpaired) electrons. The van der Waals surface area contributed by atoms with Gasteiger partial charge in [0.1, 0.15) is 11.3 Å². The molecular formula is C18H25F3N2O4. The molecule has 9 heteroatoms. The Bertz CT molecular complexity index is 753. The summed E-state index contributed by atoms with van der Waals surface area (Å²) in [6.07, 6.45) is -4.46. The molecule has 0 spiro atoms. The van der Waals surface area contributed by atoms with Gasteiger partial charge in [0, 0.05) is 26.2 Å². The first kappa shape index (κ1) is 21.4. The second-order valence-electron chi connectivity index (χ2n) is 8.08. The van der Waals surface area contributed by atoms with E-state index in [0.717, 1.165) is 0 Å². The van der Waals surface area contributed by atoms with Crippen molar-refractivity contribution in [2.45, 2.75) is 58.0 Å². The van der Waals surface area contributed by atoms with E-state index >= 15 is 0 Å². The van der Waals surface area contributed by atoms with E-state index in [4.69, 9.17) is 9.84 Å². The first-order valence-electron chi connectivity index (χ1n) is 8.69. The molecule has 0 aromatic carbocycles. The topological polar surface area (TPSA) is 71.8 Å². The Hall–Kier alpha value is -1.87. The van der Waals surface area contributed by atoms with Crippen molar-refractivity contribution in [1.82, 2.24) is 9.47 Å². The molecule has 1 saturated heterocycles. The van der Waals surface area contributed by atoms with Gasteiger partial charge in [-0.15, -0.1) is 0 Å². The second-order valence-corrected chi connectivity index (χ2v) is 8.08. The smallest absolute Gasteiger partial charge is 0.431 e. The van der Waals surface area contributed by atoms with Crippen molar-refractivity contribution >= 4 is 5.97 Å². The average Bonchev–Trinajstić information content (AvgIpc) is 2.43. The molecular weight excluding hydrogens is 365 g/mol. The van der Waals surface area contributed by atoms with Crippen molar-refractivity contribution < 1.29 is 27.8 Å². The number of carbonyl (C=O) groups is 1. The number of rotatable bonds is 5. The Morgan fingerprint density at radius 1 is 1.15 bits per heavy atom. The highest BCUT2D eigenvalue weighted by Gasteiger charge is 2.38. The van der Waals surface area contributed by atoms with Crippen LogP contribution >= 0.6 is 0 Å². The Morgan fingerprint density at radius 2 is 1.70 bits per heavy atom. The number of carboxylic acids is 1. The van der Waals surface area contributed by atoms with Gasteiger partial charge in [0.2, 0.25) is 0 Å². The maximum Gasteiger partial charge on any atom is 0.431 e. The molecule has 0 bridgehead atoms. The summed E-state index contributed by atoms with van der Waals surface area (Å²) in [5.74, 6) is -1.54. The fourth-order valence-electron chi connectivity index (χ4n) is 3.77. The van der Waals surface area contributed by atoms with E-state index in [-0.39, 0.29) is 24.2 Å². The van der Waals surface area contributed by atoms with E-state index in [9.17, 15) is 22.8 Å². The van der Waals surface area contributed by atoms with Gasteiger partial charge in [0.15, 0.2) is 0 Å². The summed E-state index contributed by atoms with van der Waals surface area (Å²) in [6.45, 7) is 9.28. The minimum Gasteiger partial charge on any atom is -0.477 e. The van der Waals surface area contributed by atoms with Crippen LogP contribution in [0.5, 0.6) is 0 Å². The third-order valence-electron chi connectivity index (χ3n) is 4.31. The zero-order valence-corrected chi connectivity index (χ0v) is 15.9. The molecule has 27 heavy (non-hydrogen) atoms. The molecule has 1 aliphatic heterocycles. The maximum atomic E-state index is 13.2. The number of aromatic nitrogens is 1. The number of alkyl halides is 3. The molecule has 152 valence electrons. The fourth-order valence-corrected chi connectivity index (χ4v) is 3.77. The van der Waals surface area contributed by atoms with Crippen LogP contribution < -0.4 is 5.56 Å². The number of pyridine rings is 1. The number of nitrogens with zero attached hydrogens (tertiary/aromatic N) is 2. The van der Waals surface area contributed by atoms with Crippen molar-refractivity contribution in [1.29, 1.82) is 0 Å². The molecule has 0 saturated carbocycles. The van der Waals surface area contributed by atoms with Gasteiger partial charge in [-0.1, -0.05) is 0 Å². The third kappa shape index (κ3) is 5.32. The van der Waals surface area contributed by atoms with Crippen molar-refractivity contribution in [3.05, 3.63) is 33.7 Å². The number of halogens is 3. The van der Waals surface area contributed by atoms with Crippen LogP contribution in [0.2, 0.25) is 0 Å². The van der Waals surface area contributed by atoms with E-state index in [0.29, 0.717) is 36.3 Å². The Morgan fingerprint density at radius 3 is 2.19 bits per heavy atom. The predicted octanol–water partition coefficient (Wildman–Crippen LogP) is 2.84. The van der Waals surface area contributed by atoms with Gasteiger partial charge in [0.25, 0.3) is 5.56 Å². The summed E-state index contributed by atoms with van der Waals surface area (Å²) in [6, 6.07) is 1.35. The molecule has 2 heterocycles. The van der Waals surface area contributed by atoms with Crippen molar-refractivity contribution in [3.8, 4) is 0 Å². The normalized spacial score (nSPS) is 19.8. The molecule has 1 fully saturated rings. The van der Waals surface area contributed by atoms with Crippen LogP contribution in [0.1, 0.15) is 50.2 Å². The summed E-state index contributed by atoms with van der Waals surface area (Å²) in [7, 11) is 0. The molecule has 0 atom stereocenters. The van der Waals surface area contributed by atoms with Gasteiger partial charge in [-0.2, -0.15) is 13.2 Å². The van der Waals surface area contributed by atoms with Crippen LogP contribution in [0.4, 0.5) is 13.2 Å². The lowest BCUT2D eigenvalue weighted by Gasteiger charge is -2.47. The highest BCUT2D eigenvalue weighted by Crippen LogP contribution is 2.30. The van der Waals surface area contributed by atoms with Crippen LogP contribution in [0.25, 0.3) is 0 Å². The average molecular weight is 390 g/mol. The minimum atomic E-state index is -4.74. The second kappa shape index (κ2) is 7.27. The number of carboxylic acid groups (broad SMARTS) is 1. The maximum absolute atomic E-state index is 13.2. The summed E-state index contributed by atoms with van der Waals surface area (Å²) in [4.78, 5) is 25.4. The molecule has 1 aliphatic rings. The quantitative estimate of drug-likeness (QED) is 0.837. The number of morpholine rings is 1. The first-order valence-corrected chi connectivity index (χ1v) is 8.69. The van der Waals surface area contributed by atoms with E-state index in [1.54, 1.807) is 0 Å². The van der Waals surface area contributed by atoms with E-state index in [1.165, 1.54) is 0 Å². The summed E-state index contributed by atoms with van der Waals surface area (Å²) >= 11 is 0. The molecule has 1 N–H and O–H groups in total.